The first-order valence-electron chi connectivity index (χ1n) is 7.57. The summed E-state index contributed by atoms with van der Waals surface area (Å²) in [6.45, 7) is 9.28. The lowest BCUT2D eigenvalue weighted by Crippen LogP contribution is -2.27. The van der Waals surface area contributed by atoms with E-state index in [1.807, 2.05) is 40.7 Å². The molecule has 0 spiro atoms. The fourth-order valence-corrected chi connectivity index (χ4v) is 3.20. The lowest BCUT2D eigenvalue weighted by molar-refractivity contribution is -0.123. The fourth-order valence-electron chi connectivity index (χ4n) is 2.01. The van der Waals surface area contributed by atoms with Crippen molar-refractivity contribution in [2.75, 3.05) is 10.6 Å². The number of thiophene rings is 1. The zero-order chi connectivity index (χ0) is 18.1. The van der Waals surface area contributed by atoms with E-state index in [1.165, 1.54) is 11.3 Å². The van der Waals surface area contributed by atoms with Crippen molar-refractivity contribution < 1.29 is 9.59 Å². The average molecular weight is 365 g/mol. The predicted molar refractivity (Wildman–Crippen MR) is 101 cm³/mol. The van der Waals surface area contributed by atoms with E-state index in [4.69, 9.17) is 11.6 Å². The Labute approximate surface area is 151 Å². The van der Waals surface area contributed by atoms with Crippen LogP contribution >= 0.6 is 22.9 Å². The minimum atomic E-state index is -0.485. The van der Waals surface area contributed by atoms with E-state index in [-0.39, 0.29) is 11.8 Å². The van der Waals surface area contributed by atoms with E-state index in [9.17, 15) is 9.59 Å². The van der Waals surface area contributed by atoms with Gasteiger partial charge < -0.3 is 10.6 Å². The molecule has 0 saturated heterocycles. The summed E-state index contributed by atoms with van der Waals surface area (Å²) >= 11 is 7.20. The van der Waals surface area contributed by atoms with Crippen LogP contribution in [0.15, 0.2) is 24.3 Å². The van der Waals surface area contributed by atoms with Gasteiger partial charge in [0.15, 0.2) is 0 Å². The van der Waals surface area contributed by atoms with Gasteiger partial charge in [-0.25, -0.2) is 0 Å². The number of benzene rings is 1. The lowest BCUT2D eigenvalue weighted by atomic mass is 9.96. The van der Waals surface area contributed by atoms with Crippen molar-refractivity contribution in [3.63, 3.8) is 0 Å². The maximum atomic E-state index is 12.5. The number of aryl methyl sites for hydroxylation is 2. The second kappa shape index (κ2) is 6.95. The molecular formula is C18H21ClN2O2S. The summed E-state index contributed by atoms with van der Waals surface area (Å²) < 4.78 is 0. The van der Waals surface area contributed by atoms with E-state index in [0.717, 1.165) is 16.8 Å². The van der Waals surface area contributed by atoms with Crippen molar-refractivity contribution in [1.29, 1.82) is 0 Å². The smallest absolute Gasteiger partial charge is 0.266 e. The number of carbonyl (C=O) groups is 2. The molecule has 0 saturated carbocycles. The first-order chi connectivity index (χ1) is 11.1. The SMILES string of the molecule is Cc1cc(Cl)ccc1NC(=O)c1sc(NC(=O)C(C)(C)C)cc1C. The third-order valence-corrected chi connectivity index (χ3v) is 4.86. The van der Waals surface area contributed by atoms with Gasteiger partial charge in [0.05, 0.1) is 9.88 Å². The molecule has 0 aliphatic carbocycles. The van der Waals surface area contributed by atoms with Crippen LogP contribution in [0, 0.1) is 19.3 Å². The molecule has 128 valence electrons. The van der Waals surface area contributed by atoms with Crippen LogP contribution in [0.2, 0.25) is 5.02 Å². The Morgan fingerprint density at radius 2 is 1.71 bits per heavy atom. The van der Waals surface area contributed by atoms with Crippen LogP contribution in [0.5, 0.6) is 0 Å². The van der Waals surface area contributed by atoms with Crippen molar-refractivity contribution in [2.45, 2.75) is 34.6 Å². The molecule has 0 aliphatic heterocycles. The maximum absolute atomic E-state index is 12.5. The molecule has 2 amide bonds. The number of rotatable bonds is 3. The fraction of sp³-hybridized carbons (Fsp3) is 0.333. The number of anilines is 2. The summed E-state index contributed by atoms with van der Waals surface area (Å²) in [7, 11) is 0. The zero-order valence-electron chi connectivity index (χ0n) is 14.4. The van der Waals surface area contributed by atoms with Gasteiger partial charge >= 0.3 is 0 Å². The van der Waals surface area contributed by atoms with E-state index < -0.39 is 5.41 Å². The Morgan fingerprint density at radius 3 is 2.29 bits per heavy atom. The highest BCUT2D eigenvalue weighted by Crippen LogP contribution is 2.29. The van der Waals surface area contributed by atoms with Crippen LogP contribution < -0.4 is 10.6 Å². The van der Waals surface area contributed by atoms with E-state index in [0.29, 0.717) is 14.9 Å². The third kappa shape index (κ3) is 4.36. The van der Waals surface area contributed by atoms with Gasteiger partial charge in [-0.05, 0) is 49.2 Å². The van der Waals surface area contributed by atoms with Crippen molar-refractivity contribution in [3.05, 3.63) is 45.3 Å². The van der Waals surface area contributed by atoms with Crippen LogP contribution in [0.3, 0.4) is 0 Å². The Balaban J connectivity index is 2.17. The normalized spacial score (nSPS) is 11.2. The van der Waals surface area contributed by atoms with Gasteiger partial charge in [0, 0.05) is 16.1 Å². The Kier molecular flexibility index (Phi) is 5.35. The van der Waals surface area contributed by atoms with Crippen LogP contribution in [-0.4, -0.2) is 11.8 Å². The Morgan fingerprint density at radius 1 is 1.04 bits per heavy atom. The topological polar surface area (TPSA) is 58.2 Å². The number of hydrogen-bond donors (Lipinski definition) is 2. The molecule has 1 heterocycles. The van der Waals surface area contributed by atoms with Gasteiger partial charge in [0.2, 0.25) is 5.91 Å². The molecular weight excluding hydrogens is 344 g/mol. The Bertz CT molecular complexity index is 791. The number of halogens is 1. The Hall–Kier alpha value is -1.85. The summed E-state index contributed by atoms with van der Waals surface area (Å²) in [6.07, 6.45) is 0. The molecule has 2 rings (SSSR count). The number of amides is 2. The van der Waals surface area contributed by atoms with Crippen molar-refractivity contribution in [1.82, 2.24) is 0 Å². The average Bonchev–Trinajstić information content (AvgIpc) is 2.81. The molecule has 6 heteroatoms. The molecule has 0 fully saturated rings. The quantitative estimate of drug-likeness (QED) is 0.780. The summed E-state index contributed by atoms with van der Waals surface area (Å²) in [6, 6.07) is 7.13. The van der Waals surface area contributed by atoms with Gasteiger partial charge in [0.1, 0.15) is 0 Å². The van der Waals surface area contributed by atoms with Crippen molar-refractivity contribution >= 4 is 45.4 Å². The number of hydrogen-bond acceptors (Lipinski definition) is 3. The molecule has 1 aromatic heterocycles. The molecule has 0 bridgehead atoms. The first kappa shape index (κ1) is 18.5. The molecule has 0 unspecified atom stereocenters. The molecule has 2 N–H and O–H groups in total. The highest BCUT2D eigenvalue weighted by molar-refractivity contribution is 7.18. The first-order valence-corrected chi connectivity index (χ1v) is 8.77. The maximum Gasteiger partial charge on any atom is 0.266 e. The molecule has 0 radical (unpaired) electrons. The predicted octanol–water partition coefficient (Wildman–Crippen LogP) is 5.26. The number of nitrogens with one attached hydrogen (secondary N) is 2. The lowest BCUT2D eigenvalue weighted by Gasteiger charge is -2.16. The van der Waals surface area contributed by atoms with Gasteiger partial charge in [-0.3, -0.25) is 9.59 Å². The molecule has 0 atom stereocenters. The highest BCUT2D eigenvalue weighted by Gasteiger charge is 2.23. The highest BCUT2D eigenvalue weighted by atomic mass is 35.5. The minimum Gasteiger partial charge on any atom is -0.321 e. The van der Waals surface area contributed by atoms with Crippen molar-refractivity contribution in [2.24, 2.45) is 5.41 Å². The summed E-state index contributed by atoms with van der Waals surface area (Å²) in [5.74, 6) is -0.275. The largest absolute Gasteiger partial charge is 0.321 e. The van der Waals surface area contributed by atoms with E-state index in [2.05, 4.69) is 10.6 Å². The van der Waals surface area contributed by atoms with Crippen molar-refractivity contribution in [3.8, 4) is 0 Å². The summed E-state index contributed by atoms with van der Waals surface area (Å²) in [5.41, 5.74) is 1.96. The number of carbonyl (C=O) groups excluding carboxylic acids is 2. The molecule has 1 aromatic carbocycles. The second-order valence-corrected chi connectivity index (χ2v) is 8.23. The van der Waals surface area contributed by atoms with Gasteiger partial charge in [-0.1, -0.05) is 32.4 Å². The molecule has 24 heavy (non-hydrogen) atoms. The van der Waals surface area contributed by atoms with Crippen LogP contribution in [0.4, 0.5) is 10.7 Å². The second-order valence-electron chi connectivity index (χ2n) is 6.74. The molecule has 2 aromatic rings. The minimum absolute atomic E-state index is 0.0794. The molecule has 0 aliphatic rings. The van der Waals surface area contributed by atoms with Crippen LogP contribution in [0.1, 0.15) is 41.6 Å². The molecule has 4 nitrogen and oxygen atoms in total. The third-order valence-electron chi connectivity index (χ3n) is 3.48. The summed E-state index contributed by atoms with van der Waals surface area (Å²) in [5, 5.41) is 7.06. The summed E-state index contributed by atoms with van der Waals surface area (Å²) in [4.78, 5) is 25.2. The van der Waals surface area contributed by atoms with Gasteiger partial charge in [-0.15, -0.1) is 11.3 Å². The van der Waals surface area contributed by atoms with Gasteiger partial charge in [-0.2, -0.15) is 0 Å². The van der Waals surface area contributed by atoms with E-state index >= 15 is 0 Å². The van der Waals surface area contributed by atoms with Crippen LogP contribution in [-0.2, 0) is 4.79 Å². The van der Waals surface area contributed by atoms with Gasteiger partial charge in [0.25, 0.3) is 5.91 Å². The zero-order valence-corrected chi connectivity index (χ0v) is 16.0. The van der Waals surface area contributed by atoms with Crippen LogP contribution in [0.25, 0.3) is 0 Å². The monoisotopic (exact) mass is 364 g/mol. The standard InChI is InChI=1S/C18H21ClN2O2S/c1-10-8-12(19)6-7-13(10)20-16(22)15-11(2)9-14(24-15)21-17(23)18(3,4)5/h6-9H,1-5H3,(H,20,22)(H,21,23). The van der Waals surface area contributed by atoms with E-state index in [1.54, 1.807) is 18.2 Å².